The Morgan fingerprint density at radius 3 is 2.56 bits per heavy atom. The summed E-state index contributed by atoms with van der Waals surface area (Å²) in [6.07, 6.45) is 2.04. The number of rotatable bonds is 6. The quantitative estimate of drug-likeness (QED) is 0.427. The maximum atomic E-state index is 11.7. The van der Waals surface area contributed by atoms with Crippen molar-refractivity contribution in [1.82, 2.24) is 4.57 Å². The lowest BCUT2D eigenvalue weighted by atomic mass is 9.86. The second-order valence-corrected chi connectivity index (χ2v) is 8.73. The van der Waals surface area contributed by atoms with Crippen molar-refractivity contribution >= 4 is 16.9 Å². The third-order valence-corrected chi connectivity index (χ3v) is 6.50. The fourth-order valence-electron chi connectivity index (χ4n) is 4.73. The molecule has 0 radical (unpaired) electrons. The molecule has 0 saturated heterocycles. The third-order valence-electron chi connectivity index (χ3n) is 6.50. The highest BCUT2D eigenvalue weighted by Gasteiger charge is 2.29. The Balaban J connectivity index is 1.52. The van der Waals surface area contributed by atoms with E-state index in [-0.39, 0.29) is 5.92 Å². The average molecular weight is 426 g/mol. The molecule has 4 nitrogen and oxygen atoms in total. The number of hydrogen-bond donors (Lipinski definition) is 1. The zero-order valence-corrected chi connectivity index (χ0v) is 18.3. The van der Waals surface area contributed by atoms with Crippen molar-refractivity contribution in [3.8, 4) is 5.75 Å². The van der Waals surface area contributed by atoms with Gasteiger partial charge in [-0.1, -0.05) is 60.2 Å². The van der Waals surface area contributed by atoms with Crippen LogP contribution < -0.4 is 4.74 Å². The van der Waals surface area contributed by atoms with Gasteiger partial charge in [0.25, 0.3) is 0 Å². The largest absolute Gasteiger partial charge is 0.489 e. The number of hydrogen-bond acceptors (Lipinski definition) is 2. The van der Waals surface area contributed by atoms with Crippen molar-refractivity contribution in [2.75, 3.05) is 0 Å². The molecule has 0 saturated carbocycles. The van der Waals surface area contributed by atoms with Gasteiger partial charge in [-0.2, -0.15) is 0 Å². The van der Waals surface area contributed by atoms with Crippen molar-refractivity contribution in [2.24, 2.45) is 5.92 Å². The van der Waals surface area contributed by atoms with Crippen molar-refractivity contribution in [3.05, 3.63) is 101 Å². The van der Waals surface area contributed by atoms with Crippen LogP contribution in [0.1, 0.15) is 34.4 Å². The molecule has 0 aliphatic heterocycles. The van der Waals surface area contributed by atoms with Crippen LogP contribution in [0.2, 0.25) is 0 Å². The summed E-state index contributed by atoms with van der Waals surface area (Å²) in [6.45, 7) is 3.39. The SMILES string of the molecule is Cc1ccc(Cn2c3c(c4cc(OCc5ccccc5)ccc42)CC(C(=O)O)CC3)cc1. The molecule has 1 N–H and O–H groups in total. The molecule has 162 valence electrons. The Morgan fingerprint density at radius 1 is 1.03 bits per heavy atom. The topological polar surface area (TPSA) is 51.5 Å². The molecule has 1 unspecified atom stereocenters. The monoisotopic (exact) mass is 425 g/mol. The molecule has 3 aromatic carbocycles. The molecule has 0 bridgehead atoms. The van der Waals surface area contributed by atoms with Gasteiger partial charge < -0.3 is 14.4 Å². The van der Waals surface area contributed by atoms with Crippen LogP contribution in [0.4, 0.5) is 0 Å². The van der Waals surface area contributed by atoms with Gasteiger partial charge in [0.05, 0.1) is 5.92 Å². The van der Waals surface area contributed by atoms with E-state index >= 15 is 0 Å². The number of carbonyl (C=O) groups is 1. The number of aromatic nitrogens is 1. The van der Waals surface area contributed by atoms with Crippen molar-refractivity contribution < 1.29 is 14.6 Å². The number of ether oxygens (including phenoxy) is 1. The Morgan fingerprint density at radius 2 is 1.81 bits per heavy atom. The molecule has 0 amide bonds. The summed E-state index contributed by atoms with van der Waals surface area (Å²) < 4.78 is 8.45. The van der Waals surface area contributed by atoms with Gasteiger partial charge in [-0.05, 0) is 61.1 Å². The predicted molar refractivity (Wildman–Crippen MR) is 126 cm³/mol. The minimum atomic E-state index is -0.702. The summed E-state index contributed by atoms with van der Waals surface area (Å²) in [5.41, 5.74) is 7.19. The smallest absolute Gasteiger partial charge is 0.306 e. The Kier molecular flexibility index (Phi) is 5.44. The molecule has 32 heavy (non-hydrogen) atoms. The number of nitrogens with zero attached hydrogens (tertiary/aromatic N) is 1. The Hall–Kier alpha value is -3.53. The molecular formula is C28H27NO3. The van der Waals surface area contributed by atoms with Gasteiger partial charge in [0.2, 0.25) is 0 Å². The van der Waals surface area contributed by atoms with Crippen molar-refractivity contribution in [2.45, 2.75) is 39.3 Å². The Bertz CT molecular complexity index is 1260. The van der Waals surface area contributed by atoms with E-state index in [1.165, 1.54) is 16.8 Å². The van der Waals surface area contributed by atoms with E-state index in [1.54, 1.807) is 0 Å². The lowest BCUT2D eigenvalue weighted by molar-refractivity contribution is -0.142. The predicted octanol–water partition coefficient (Wildman–Crippen LogP) is 5.77. The van der Waals surface area contributed by atoms with E-state index < -0.39 is 5.97 Å². The minimum Gasteiger partial charge on any atom is -0.489 e. The zero-order valence-electron chi connectivity index (χ0n) is 18.3. The van der Waals surface area contributed by atoms with E-state index in [0.29, 0.717) is 19.4 Å². The summed E-state index contributed by atoms with van der Waals surface area (Å²) >= 11 is 0. The van der Waals surface area contributed by atoms with Crippen LogP contribution in [0.15, 0.2) is 72.8 Å². The second-order valence-electron chi connectivity index (χ2n) is 8.73. The van der Waals surface area contributed by atoms with E-state index in [2.05, 4.69) is 60.0 Å². The lowest BCUT2D eigenvalue weighted by Crippen LogP contribution is -2.23. The summed E-state index contributed by atoms with van der Waals surface area (Å²) in [7, 11) is 0. The number of aliphatic carboxylic acids is 1. The molecule has 1 heterocycles. The Labute approximate surface area is 188 Å². The first-order valence-corrected chi connectivity index (χ1v) is 11.2. The van der Waals surface area contributed by atoms with Gasteiger partial charge in [0, 0.05) is 23.1 Å². The van der Waals surface area contributed by atoms with E-state index in [0.717, 1.165) is 40.7 Å². The van der Waals surface area contributed by atoms with Gasteiger partial charge in [-0.15, -0.1) is 0 Å². The van der Waals surface area contributed by atoms with E-state index in [1.807, 2.05) is 24.3 Å². The summed E-state index contributed by atoms with van der Waals surface area (Å²) in [5.74, 6) is -0.213. The highest BCUT2D eigenvalue weighted by molar-refractivity contribution is 5.88. The fourth-order valence-corrected chi connectivity index (χ4v) is 4.73. The number of carboxylic acids is 1. The molecule has 1 aliphatic carbocycles. The lowest BCUT2D eigenvalue weighted by Gasteiger charge is -2.21. The van der Waals surface area contributed by atoms with Crippen LogP contribution in [0, 0.1) is 12.8 Å². The van der Waals surface area contributed by atoms with E-state index in [4.69, 9.17) is 4.74 Å². The molecule has 1 atom stereocenters. The molecule has 4 aromatic rings. The number of carboxylic acid groups (broad SMARTS) is 1. The number of benzene rings is 3. The highest BCUT2D eigenvalue weighted by Crippen LogP contribution is 2.37. The van der Waals surface area contributed by atoms with Gasteiger partial charge in [0.1, 0.15) is 12.4 Å². The zero-order chi connectivity index (χ0) is 22.1. The third kappa shape index (κ3) is 4.01. The van der Waals surface area contributed by atoms with E-state index in [9.17, 15) is 9.90 Å². The summed E-state index contributed by atoms with van der Waals surface area (Å²) in [6, 6.07) is 25.0. The molecule has 1 aromatic heterocycles. The molecular weight excluding hydrogens is 398 g/mol. The fraction of sp³-hybridized carbons (Fsp3) is 0.250. The average Bonchev–Trinajstić information content (AvgIpc) is 3.12. The van der Waals surface area contributed by atoms with Gasteiger partial charge >= 0.3 is 5.97 Å². The second kappa shape index (κ2) is 8.54. The minimum absolute atomic E-state index is 0.324. The molecule has 0 fully saturated rings. The molecule has 5 rings (SSSR count). The van der Waals surface area contributed by atoms with Crippen molar-refractivity contribution in [3.63, 3.8) is 0 Å². The van der Waals surface area contributed by atoms with Gasteiger partial charge in [-0.3, -0.25) is 4.79 Å². The van der Waals surface area contributed by atoms with Crippen LogP contribution >= 0.6 is 0 Å². The first-order valence-electron chi connectivity index (χ1n) is 11.2. The van der Waals surface area contributed by atoms with Crippen LogP contribution in [-0.4, -0.2) is 15.6 Å². The van der Waals surface area contributed by atoms with Crippen LogP contribution in [0.5, 0.6) is 5.75 Å². The first-order chi connectivity index (χ1) is 15.6. The highest BCUT2D eigenvalue weighted by atomic mass is 16.5. The van der Waals surface area contributed by atoms with Crippen LogP contribution in [0.25, 0.3) is 10.9 Å². The normalized spacial score (nSPS) is 15.5. The number of aryl methyl sites for hydroxylation is 1. The van der Waals surface area contributed by atoms with Crippen LogP contribution in [0.3, 0.4) is 0 Å². The summed E-state index contributed by atoms with van der Waals surface area (Å²) in [5, 5.41) is 10.8. The van der Waals surface area contributed by atoms with Crippen molar-refractivity contribution in [1.29, 1.82) is 0 Å². The molecule has 0 spiro atoms. The number of fused-ring (bicyclic) bond motifs is 3. The maximum absolute atomic E-state index is 11.7. The first kappa shape index (κ1) is 20.4. The van der Waals surface area contributed by atoms with Crippen LogP contribution in [-0.2, 0) is 30.8 Å². The molecule has 4 heteroatoms. The standard InChI is InChI=1S/C28H27NO3/c1-19-7-9-20(10-8-19)17-29-26-13-11-22(28(30)31)15-24(26)25-16-23(12-14-27(25)29)32-18-21-5-3-2-4-6-21/h2-10,12,14,16,22H,11,13,15,17-18H2,1H3,(H,30,31). The van der Waals surface area contributed by atoms with Gasteiger partial charge in [0.15, 0.2) is 0 Å². The maximum Gasteiger partial charge on any atom is 0.306 e. The summed E-state index contributed by atoms with van der Waals surface area (Å²) in [4.78, 5) is 11.7. The molecule has 1 aliphatic rings. The van der Waals surface area contributed by atoms with Gasteiger partial charge in [-0.25, -0.2) is 0 Å².